The standard InChI is InChI=1S/C27H32N2O5/c1-17-7-12-21(33-6)20(15-17)28-24(31)27-14-13-26(4,25(27,2)3)22(16-27)29-34-23(30)18-8-10-19(32-5)11-9-18/h7-12,15H,13-14,16H2,1-6H3,(H,28,31)/b29-22-. The third kappa shape index (κ3) is 3.54. The third-order valence-electron chi connectivity index (χ3n) is 8.34. The Hall–Kier alpha value is -3.35. The first-order valence-corrected chi connectivity index (χ1v) is 11.5. The Morgan fingerprint density at radius 1 is 0.971 bits per heavy atom. The van der Waals surface area contributed by atoms with Crippen LogP contribution in [-0.2, 0) is 9.63 Å². The highest BCUT2D eigenvalue weighted by Gasteiger charge is 2.71. The summed E-state index contributed by atoms with van der Waals surface area (Å²) >= 11 is 0. The van der Waals surface area contributed by atoms with Crippen molar-refractivity contribution in [3.63, 3.8) is 0 Å². The predicted molar refractivity (Wildman–Crippen MR) is 130 cm³/mol. The summed E-state index contributed by atoms with van der Waals surface area (Å²) < 4.78 is 10.6. The lowest BCUT2D eigenvalue weighted by atomic mass is 9.64. The number of carbonyl (C=O) groups is 2. The van der Waals surface area contributed by atoms with E-state index in [4.69, 9.17) is 14.3 Å². The van der Waals surface area contributed by atoms with Crippen LogP contribution in [0.15, 0.2) is 47.6 Å². The van der Waals surface area contributed by atoms with Gasteiger partial charge in [0.05, 0.1) is 36.6 Å². The highest BCUT2D eigenvalue weighted by Crippen LogP contribution is 2.71. The van der Waals surface area contributed by atoms with E-state index in [1.54, 1.807) is 38.5 Å². The number of anilines is 1. The molecule has 2 fully saturated rings. The van der Waals surface area contributed by atoms with Gasteiger partial charge in [-0.15, -0.1) is 0 Å². The first-order valence-electron chi connectivity index (χ1n) is 11.5. The highest BCUT2D eigenvalue weighted by molar-refractivity contribution is 6.07. The fraction of sp³-hybridized carbons (Fsp3) is 0.444. The number of nitrogens with zero attached hydrogens (tertiary/aromatic N) is 1. The second kappa shape index (κ2) is 8.46. The molecular formula is C27H32N2O5. The van der Waals surface area contributed by atoms with E-state index < -0.39 is 11.4 Å². The molecule has 1 amide bonds. The first kappa shape index (κ1) is 23.8. The van der Waals surface area contributed by atoms with E-state index in [9.17, 15) is 9.59 Å². The van der Waals surface area contributed by atoms with Gasteiger partial charge in [-0.3, -0.25) is 4.79 Å². The molecule has 0 heterocycles. The number of hydrogen-bond donors (Lipinski definition) is 1. The molecule has 2 unspecified atom stereocenters. The van der Waals surface area contributed by atoms with Crippen molar-refractivity contribution in [2.75, 3.05) is 19.5 Å². The molecule has 2 bridgehead atoms. The number of rotatable bonds is 6. The largest absolute Gasteiger partial charge is 0.497 e. The Kier molecular flexibility index (Phi) is 5.92. The zero-order valence-electron chi connectivity index (χ0n) is 20.7. The minimum Gasteiger partial charge on any atom is -0.497 e. The number of benzene rings is 2. The highest BCUT2D eigenvalue weighted by atomic mass is 16.7. The molecule has 180 valence electrons. The second-order valence-electron chi connectivity index (χ2n) is 10.0. The van der Waals surface area contributed by atoms with Crippen molar-refractivity contribution in [3.05, 3.63) is 53.6 Å². The summed E-state index contributed by atoms with van der Waals surface area (Å²) in [6, 6.07) is 12.4. The summed E-state index contributed by atoms with van der Waals surface area (Å²) in [7, 11) is 3.16. The Morgan fingerprint density at radius 3 is 2.32 bits per heavy atom. The van der Waals surface area contributed by atoms with Crippen LogP contribution in [0.2, 0.25) is 0 Å². The van der Waals surface area contributed by atoms with Crippen LogP contribution in [0.3, 0.4) is 0 Å². The van der Waals surface area contributed by atoms with Crippen molar-refractivity contribution in [2.24, 2.45) is 21.4 Å². The van der Waals surface area contributed by atoms with Crippen LogP contribution in [0.5, 0.6) is 11.5 Å². The number of fused-ring (bicyclic) bond motifs is 2. The van der Waals surface area contributed by atoms with E-state index in [1.807, 2.05) is 25.1 Å². The fourth-order valence-corrected chi connectivity index (χ4v) is 5.56. The molecule has 2 aliphatic rings. The number of nitrogens with one attached hydrogen (secondary N) is 1. The Labute approximate surface area is 200 Å². The number of aryl methyl sites for hydroxylation is 1. The maximum Gasteiger partial charge on any atom is 0.365 e. The van der Waals surface area contributed by atoms with Gasteiger partial charge in [-0.05, 0) is 67.1 Å². The molecular weight excluding hydrogens is 432 g/mol. The summed E-state index contributed by atoms with van der Waals surface area (Å²) in [5.41, 5.74) is 1.41. The molecule has 2 atom stereocenters. The summed E-state index contributed by atoms with van der Waals surface area (Å²) in [5, 5.41) is 7.42. The lowest BCUT2D eigenvalue weighted by molar-refractivity contribution is -0.130. The third-order valence-corrected chi connectivity index (χ3v) is 8.34. The molecule has 2 aromatic rings. The minimum absolute atomic E-state index is 0.0585. The molecule has 34 heavy (non-hydrogen) atoms. The first-order chi connectivity index (χ1) is 16.1. The number of carbonyl (C=O) groups excluding carboxylic acids is 2. The van der Waals surface area contributed by atoms with Gasteiger partial charge in [-0.1, -0.05) is 32.0 Å². The van der Waals surface area contributed by atoms with E-state index in [0.29, 0.717) is 29.2 Å². The smallest absolute Gasteiger partial charge is 0.365 e. The van der Waals surface area contributed by atoms with Crippen molar-refractivity contribution >= 4 is 23.3 Å². The van der Waals surface area contributed by atoms with E-state index in [2.05, 4.69) is 31.2 Å². The lowest BCUT2D eigenvalue weighted by Gasteiger charge is -2.39. The van der Waals surface area contributed by atoms with Crippen LogP contribution >= 0.6 is 0 Å². The molecule has 0 saturated heterocycles. The van der Waals surface area contributed by atoms with E-state index >= 15 is 0 Å². The molecule has 0 radical (unpaired) electrons. The normalized spacial score (nSPS) is 25.8. The maximum absolute atomic E-state index is 13.8. The molecule has 2 aliphatic carbocycles. The van der Waals surface area contributed by atoms with Gasteiger partial charge in [-0.25, -0.2) is 4.79 Å². The van der Waals surface area contributed by atoms with Crippen LogP contribution in [0.25, 0.3) is 0 Å². The van der Waals surface area contributed by atoms with Crippen LogP contribution in [0, 0.1) is 23.2 Å². The number of amides is 1. The van der Waals surface area contributed by atoms with Crippen molar-refractivity contribution in [1.29, 1.82) is 0 Å². The summed E-state index contributed by atoms with van der Waals surface area (Å²) in [6.45, 7) is 8.31. The zero-order chi connectivity index (χ0) is 24.7. The molecule has 2 aromatic carbocycles. The van der Waals surface area contributed by atoms with E-state index in [1.165, 1.54) is 0 Å². The van der Waals surface area contributed by atoms with E-state index in [-0.39, 0.29) is 16.7 Å². The maximum atomic E-state index is 13.8. The topological polar surface area (TPSA) is 86.2 Å². The van der Waals surface area contributed by atoms with E-state index in [0.717, 1.165) is 24.1 Å². The fourth-order valence-electron chi connectivity index (χ4n) is 5.56. The summed E-state index contributed by atoms with van der Waals surface area (Å²) in [5.74, 6) is 0.678. The molecule has 1 N–H and O–H groups in total. The predicted octanol–water partition coefficient (Wildman–Crippen LogP) is 5.38. The van der Waals surface area contributed by atoms with Crippen molar-refractivity contribution in [3.8, 4) is 11.5 Å². The lowest BCUT2D eigenvalue weighted by Crippen LogP contribution is -2.43. The van der Waals surface area contributed by atoms with Gasteiger partial charge in [-0.2, -0.15) is 0 Å². The molecule has 0 aromatic heterocycles. The zero-order valence-corrected chi connectivity index (χ0v) is 20.7. The molecule has 2 saturated carbocycles. The Morgan fingerprint density at radius 2 is 1.68 bits per heavy atom. The average Bonchev–Trinajstić information content (AvgIpc) is 3.13. The molecule has 0 aliphatic heterocycles. The van der Waals surface area contributed by atoms with Crippen LogP contribution in [0.4, 0.5) is 5.69 Å². The molecule has 4 rings (SSSR count). The monoisotopic (exact) mass is 464 g/mol. The molecule has 7 nitrogen and oxygen atoms in total. The van der Waals surface area contributed by atoms with Crippen molar-refractivity contribution in [2.45, 2.75) is 47.0 Å². The quantitative estimate of drug-likeness (QED) is 0.458. The van der Waals surface area contributed by atoms with Crippen LogP contribution in [-0.4, -0.2) is 31.8 Å². The summed E-state index contributed by atoms with van der Waals surface area (Å²) in [6.07, 6.45) is 1.96. The molecule has 0 spiro atoms. The second-order valence-corrected chi connectivity index (χ2v) is 10.0. The van der Waals surface area contributed by atoms with Crippen molar-refractivity contribution < 1.29 is 23.9 Å². The minimum atomic E-state index is -0.665. The average molecular weight is 465 g/mol. The Bertz CT molecular complexity index is 1150. The number of oxime groups is 1. The SMILES string of the molecule is COc1ccc(C(=O)O/N=C2/CC3(C(=O)Nc4cc(C)ccc4OC)CCC2(C)C3(C)C)cc1. The van der Waals surface area contributed by atoms with Crippen LogP contribution < -0.4 is 14.8 Å². The number of methoxy groups -OCH3 is 2. The number of ether oxygens (including phenoxy) is 2. The van der Waals surface area contributed by atoms with Gasteiger partial charge in [0.25, 0.3) is 0 Å². The Balaban J connectivity index is 1.58. The summed E-state index contributed by atoms with van der Waals surface area (Å²) in [4.78, 5) is 31.7. The van der Waals surface area contributed by atoms with Crippen molar-refractivity contribution in [1.82, 2.24) is 0 Å². The van der Waals surface area contributed by atoms with Gasteiger partial charge in [0, 0.05) is 11.8 Å². The van der Waals surface area contributed by atoms with Gasteiger partial charge in [0.15, 0.2) is 0 Å². The van der Waals surface area contributed by atoms with Gasteiger partial charge < -0.3 is 19.6 Å². The van der Waals surface area contributed by atoms with Gasteiger partial charge in [0.2, 0.25) is 5.91 Å². The van der Waals surface area contributed by atoms with Gasteiger partial charge in [0.1, 0.15) is 11.5 Å². The molecule has 7 heteroatoms. The number of hydrogen-bond acceptors (Lipinski definition) is 6. The van der Waals surface area contributed by atoms with Gasteiger partial charge >= 0.3 is 5.97 Å². The van der Waals surface area contributed by atoms with Crippen LogP contribution in [0.1, 0.15) is 56.0 Å².